The number of rotatable bonds is 5. The van der Waals surface area contributed by atoms with Crippen LogP contribution >= 0.6 is 10.3 Å². The Labute approximate surface area is 192 Å². The van der Waals surface area contributed by atoms with Crippen molar-refractivity contribution in [3.05, 3.63) is 121 Å². The molecule has 0 saturated carbocycles. The minimum Gasteiger partial charge on any atom is -0.241 e. The van der Waals surface area contributed by atoms with Crippen molar-refractivity contribution in [2.75, 3.05) is 0 Å². The molecule has 3 nitrogen and oxygen atoms in total. The summed E-state index contributed by atoms with van der Waals surface area (Å²) in [5.74, 6) is 0. The fourth-order valence-electron chi connectivity index (χ4n) is 3.46. The SMILES string of the molecule is O=S(O)(=[O+]S(c1ccccc1)(c1ccccc1)c1ccccc1)c1ccccc1C(F)(F)F. The Morgan fingerprint density at radius 1 is 0.606 bits per heavy atom. The van der Waals surface area contributed by atoms with Crippen LogP contribution in [0.2, 0.25) is 0 Å². The van der Waals surface area contributed by atoms with Gasteiger partial charge in [0.25, 0.3) is 0 Å². The Morgan fingerprint density at radius 3 is 1.36 bits per heavy atom. The van der Waals surface area contributed by atoms with Crippen LogP contribution in [0.1, 0.15) is 5.56 Å². The van der Waals surface area contributed by atoms with E-state index >= 15 is 0 Å². The van der Waals surface area contributed by atoms with Gasteiger partial charge in [-0.2, -0.15) is 13.2 Å². The van der Waals surface area contributed by atoms with Crippen LogP contribution in [0.25, 0.3) is 0 Å². The molecule has 4 aromatic carbocycles. The van der Waals surface area contributed by atoms with Crippen LogP contribution in [-0.4, -0.2) is 8.76 Å². The lowest BCUT2D eigenvalue weighted by molar-refractivity contribution is -0.140. The van der Waals surface area contributed by atoms with Gasteiger partial charge < -0.3 is 0 Å². The van der Waals surface area contributed by atoms with E-state index in [1.165, 1.54) is 12.1 Å². The van der Waals surface area contributed by atoms with Crippen LogP contribution in [-0.2, 0) is 19.6 Å². The fraction of sp³-hybridized carbons (Fsp3) is 0.0400. The normalized spacial score (nSPS) is 14.3. The third-order valence-corrected chi connectivity index (χ3v) is 10.2. The summed E-state index contributed by atoms with van der Waals surface area (Å²) in [7, 11) is -7.50. The molecule has 1 N–H and O–H groups in total. The molecule has 0 aliphatic rings. The second kappa shape index (κ2) is 9.05. The van der Waals surface area contributed by atoms with Gasteiger partial charge in [-0.1, -0.05) is 66.7 Å². The van der Waals surface area contributed by atoms with Crippen molar-refractivity contribution in [2.24, 2.45) is 0 Å². The molecule has 0 radical (unpaired) electrons. The summed E-state index contributed by atoms with van der Waals surface area (Å²) in [6.07, 6.45) is -4.82. The standard InChI is InChI=1S/C25H19F3O3S2/c26-25(27,28)23-18-10-11-19-24(23)33(29,30)31-32(20-12-4-1-5-13-20,21-14-6-2-7-15-21)22-16-8-3-9-17-22/h1-19H/p+1. The second-order valence-electron chi connectivity index (χ2n) is 7.03. The summed E-state index contributed by atoms with van der Waals surface area (Å²) < 4.78 is 71.9. The summed E-state index contributed by atoms with van der Waals surface area (Å²) in [4.78, 5) is 0.924. The van der Waals surface area contributed by atoms with Crippen LogP contribution in [0, 0.1) is 0 Å². The molecule has 8 heteroatoms. The van der Waals surface area contributed by atoms with Gasteiger partial charge in [0.2, 0.25) is 0 Å². The number of hydrogen-bond acceptors (Lipinski definition) is 1. The Bertz CT molecular complexity index is 1250. The lowest BCUT2D eigenvalue weighted by Gasteiger charge is -2.25. The summed E-state index contributed by atoms with van der Waals surface area (Å²) in [5.41, 5.74) is -1.21. The zero-order valence-corrected chi connectivity index (χ0v) is 18.8. The minimum absolute atomic E-state index is 0.577. The number of hydrogen-bond donors (Lipinski definition) is 1. The lowest BCUT2D eigenvalue weighted by atomic mass is 10.2. The van der Waals surface area contributed by atoms with E-state index < -0.39 is 37.1 Å². The summed E-state index contributed by atoms with van der Waals surface area (Å²) in [6, 6.07) is 30.6. The van der Waals surface area contributed by atoms with Crippen molar-refractivity contribution in [1.29, 1.82) is 0 Å². The molecular weight excluding hydrogens is 469 g/mol. The molecule has 0 heterocycles. The van der Waals surface area contributed by atoms with Crippen molar-refractivity contribution in [3.8, 4) is 0 Å². The first-order chi connectivity index (χ1) is 15.7. The van der Waals surface area contributed by atoms with Gasteiger partial charge in [0, 0.05) is 0 Å². The minimum atomic E-state index is -4.82. The molecule has 0 aromatic heterocycles. The van der Waals surface area contributed by atoms with Gasteiger partial charge in [0.15, 0.2) is 15.2 Å². The second-order valence-corrected chi connectivity index (χ2v) is 11.5. The third kappa shape index (κ3) is 4.55. The zero-order chi connectivity index (χ0) is 23.5. The predicted molar refractivity (Wildman–Crippen MR) is 123 cm³/mol. The number of alkyl halides is 3. The van der Waals surface area contributed by atoms with Crippen LogP contribution < -0.4 is 0 Å². The smallest absolute Gasteiger partial charge is 0.241 e. The molecule has 0 spiro atoms. The highest BCUT2D eigenvalue weighted by atomic mass is 32.3. The van der Waals surface area contributed by atoms with E-state index in [2.05, 4.69) is 0 Å². The quantitative estimate of drug-likeness (QED) is 0.232. The molecule has 4 rings (SSSR count). The van der Waals surface area contributed by atoms with Crippen molar-refractivity contribution in [1.82, 2.24) is 0 Å². The molecule has 1 unspecified atom stereocenters. The highest BCUT2D eigenvalue weighted by Crippen LogP contribution is 2.67. The highest BCUT2D eigenvalue weighted by molar-refractivity contribution is 8.30. The van der Waals surface area contributed by atoms with Crippen molar-refractivity contribution < 1.29 is 25.2 Å². The van der Waals surface area contributed by atoms with E-state index in [1.54, 1.807) is 91.0 Å². The summed E-state index contributed by atoms with van der Waals surface area (Å²) in [6.45, 7) is 0. The molecule has 0 amide bonds. The monoisotopic (exact) mass is 489 g/mol. The number of benzene rings is 4. The van der Waals surface area contributed by atoms with Crippen molar-refractivity contribution in [2.45, 2.75) is 25.8 Å². The third-order valence-electron chi connectivity index (χ3n) is 4.89. The molecular formula is C25H20F3O3S2+. The van der Waals surface area contributed by atoms with Crippen LogP contribution in [0.3, 0.4) is 0 Å². The molecule has 0 saturated heterocycles. The van der Waals surface area contributed by atoms with Crippen LogP contribution in [0.4, 0.5) is 13.2 Å². The van der Waals surface area contributed by atoms with E-state index in [1.807, 2.05) is 0 Å². The van der Waals surface area contributed by atoms with Crippen molar-refractivity contribution in [3.63, 3.8) is 0 Å². The maximum absolute atomic E-state index is 13.7. The molecule has 4 aromatic rings. The molecule has 33 heavy (non-hydrogen) atoms. The van der Waals surface area contributed by atoms with E-state index in [0.29, 0.717) is 14.7 Å². The van der Waals surface area contributed by atoms with E-state index in [9.17, 15) is 21.9 Å². The van der Waals surface area contributed by atoms with E-state index in [0.717, 1.165) is 12.1 Å². The molecule has 170 valence electrons. The van der Waals surface area contributed by atoms with Gasteiger partial charge in [-0.25, -0.2) is 4.55 Å². The molecule has 0 fully saturated rings. The van der Waals surface area contributed by atoms with E-state index in [-0.39, 0.29) is 0 Å². The first-order valence-corrected chi connectivity index (χ1v) is 12.9. The average Bonchev–Trinajstić information content (AvgIpc) is 2.84. The maximum Gasteiger partial charge on any atom is 0.455 e. The average molecular weight is 490 g/mol. The molecule has 0 aliphatic carbocycles. The summed E-state index contributed by atoms with van der Waals surface area (Å²) in [5, 5.41) is 0. The Kier molecular flexibility index (Phi) is 6.34. The highest BCUT2D eigenvalue weighted by Gasteiger charge is 2.47. The van der Waals surface area contributed by atoms with Gasteiger partial charge in [0.05, 0.1) is 20.2 Å². The molecule has 0 aliphatic heterocycles. The van der Waals surface area contributed by atoms with Crippen LogP contribution in [0.15, 0.2) is 135 Å². The lowest BCUT2D eigenvalue weighted by Crippen LogP contribution is -2.15. The van der Waals surface area contributed by atoms with Crippen LogP contribution in [0.5, 0.6) is 0 Å². The summed E-state index contributed by atoms with van der Waals surface area (Å²) >= 11 is 0. The molecule has 1 atom stereocenters. The first kappa shape index (κ1) is 23.1. The Hall–Kier alpha value is -3.07. The Balaban J connectivity index is 2.14. The zero-order valence-electron chi connectivity index (χ0n) is 17.2. The van der Waals surface area contributed by atoms with Gasteiger partial charge in [-0.05, 0) is 48.5 Å². The van der Waals surface area contributed by atoms with Gasteiger partial charge in [-0.15, -0.1) is 7.49 Å². The first-order valence-electron chi connectivity index (χ1n) is 9.88. The predicted octanol–water partition coefficient (Wildman–Crippen LogP) is 7.60. The van der Waals surface area contributed by atoms with E-state index in [4.69, 9.17) is 3.29 Å². The van der Waals surface area contributed by atoms with Gasteiger partial charge in [0.1, 0.15) is 0 Å². The van der Waals surface area contributed by atoms with Gasteiger partial charge in [-0.3, -0.25) is 0 Å². The number of halogens is 3. The topological polar surface area (TPSA) is 48.6 Å². The van der Waals surface area contributed by atoms with Crippen molar-refractivity contribution >= 4 is 20.4 Å². The Morgan fingerprint density at radius 2 is 0.970 bits per heavy atom. The molecule has 0 bridgehead atoms. The van der Waals surface area contributed by atoms with Gasteiger partial charge >= 0.3 is 16.3 Å². The largest absolute Gasteiger partial charge is 0.455 e. The maximum atomic E-state index is 13.7. The fourth-order valence-corrected chi connectivity index (χ4v) is 8.96.